The molecule has 0 bridgehead atoms. The number of rotatable bonds is 3. The number of benzene rings is 1. The Morgan fingerprint density at radius 2 is 2.00 bits per heavy atom. The summed E-state index contributed by atoms with van der Waals surface area (Å²) in [4.78, 5) is 0. The van der Waals surface area contributed by atoms with Crippen LogP contribution in [0.4, 0.5) is 0 Å². The first-order valence-electron chi connectivity index (χ1n) is 6.26. The number of hydrogen-bond acceptors (Lipinski definition) is 2. The van der Waals surface area contributed by atoms with E-state index in [0.29, 0.717) is 0 Å². The summed E-state index contributed by atoms with van der Waals surface area (Å²) in [6, 6.07) is 3.95. The molecule has 2 nitrogen and oxygen atoms in total. The van der Waals surface area contributed by atoms with E-state index in [9.17, 15) is 0 Å². The van der Waals surface area contributed by atoms with Gasteiger partial charge in [0.1, 0.15) is 5.75 Å². The summed E-state index contributed by atoms with van der Waals surface area (Å²) in [5, 5.41) is 0.759. The minimum absolute atomic E-state index is 0.250. The Bertz CT molecular complexity index is 411. The lowest BCUT2D eigenvalue weighted by Crippen LogP contribution is -2.33. The molecule has 0 saturated heterocycles. The molecule has 1 aliphatic carbocycles. The van der Waals surface area contributed by atoms with Crippen LogP contribution in [0.3, 0.4) is 0 Å². The molecular formula is C14H20ClNO. The lowest BCUT2D eigenvalue weighted by molar-refractivity contribution is 0.375. The Morgan fingerprint density at radius 3 is 2.53 bits per heavy atom. The van der Waals surface area contributed by atoms with Crippen molar-refractivity contribution in [3.8, 4) is 5.75 Å². The Hall–Kier alpha value is -0.730. The number of nitrogens with two attached hydrogens (primary N) is 1. The van der Waals surface area contributed by atoms with Crippen molar-refractivity contribution in [1.29, 1.82) is 0 Å². The van der Waals surface area contributed by atoms with Crippen molar-refractivity contribution in [2.24, 2.45) is 5.73 Å². The van der Waals surface area contributed by atoms with Crippen molar-refractivity contribution in [2.75, 3.05) is 7.11 Å². The van der Waals surface area contributed by atoms with Crippen molar-refractivity contribution in [3.63, 3.8) is 0 Å². The number of aryl methyl sites for hydroxylation is 1. The quantitative estimate of drug-likeness (QED) is 0.893. The molecule has 1 aromatic carbocycles. The fraction of sp³-hybridized carbons (Fsp3) is 0.571. The van der Waals surface area contributed by atoms with Crippen LogP contribution in [0.25, 0.3) is 0 Å². The Balaban J connectivity index is 2.55. The maximum atomic E-state index is 6.51. The standard InChI is InChI=1S/C14H20ClNO/c1-3-10-8-11(15)9-12(13(10)17-2)14(16)6-4-5-7-14/h8-9H,3-7,16H2,1-2H3. The number of ether oxygens (including phenoxy) is 1. The average Bonchev–Trinajstić information content (AvgIpc) is 2.76. The van der Waals surface area contributed by atoms with Crippen molar-refractivity contribution in [2.45, 2.75) is 44.6 Å². The molecule has 2 N–H and O–H groups in total. The summed E-state index contributed by atoms with van der Waals surface area (Å²) >= 11 is 6.19. The van der Waals surface area contributed by atoms with Crippen LogP contribution < -0.4 is 10.5 Å². The molecule has 1 saturated carbocycles. The van der Waals surface area contributed by atoms with Gasteiger partial charge >= 0.3 is 0 Å². The normalized spacial score (nSPS) is 18.4. The monoisotopic (exact) mass is 253 g/mol. The van der Waals surface area contributed by atoms with Crippen LogP contribution in [0.5, 0.6) is 5.75 Å². The van der Waals surface area contributed by atoms with Crippen molar-refractivity contribution in [3.05, 3.63) is 28.3 Å². The maximum absolute atomic E-state index is 6.51. The molecular weight excluding hydrogens is 234 g/mol. The minimum Gasteiger partial charge on any atom is -0.496 e. The highest BCUT2D eigenvalue weighted by atomic mass is 35.5. The molecule has 1 aliphatic rings. The van der Waals surface area contributed by atoms with E-state index in [-0.39, 0.29) is 5.54 Å². The zero-order valence-corrected chi connectivity index (χ0v) is 11.3. The van der Waals surface area contributed by atoms with Crippen LogP contribution in [0, 0.1) is 0 Å². The molecule has 1 fully saturated rings. The Kier molecular flexibility index (Phi) is 3.64. The number of halogens is 1. The highest BCUT2D eigenvalue weighted by Gasteiger charge is 2.34. The zero-order chi connectivity index (χ0) is 12.5. The molecule has 1 aromatic rings. The predicted octanol–water partition coefficient (Wildman–Crippen LogP) is 3.64. The van der Waals surface area contributed by atoms with Gasteiger partial charge in [0.05, 0.1) is 7.11 Å². The first kappa shape index (κ1) is 12.7. The van der Waals surface area contributed by atoms with Gasteiger partial charge < -0.3 is 10.5 Å². The van der Waals surface area contributed by atoms with E-state index < -0.39 is 0 Å². The Labute approximate surface area is 108 Å². The van der Waals surface area contributed by atoms with E-state index in [0.717, 1.165) is 41.2 Å². The van der Waals surface area contributed by atoms with Gasteiger partial charge in [-0.1, -0.05) is 31.4 Å². The Morgan fingerprint density at radius 1 is 1.35 bits per heavy atom. The van der Waals surface area contributed by atoms with E-state index in [4.69, 9.17) is 22.1 Å². The first-order chi connectivity index (χ1) is 8.10. The van der Waals surface area contributed by atoms with Crippen LogP contribution in [0.15, 0.2) is 12.1 Å². The van der Waals surface area contributed by atoms with E-state index in [1.54, 1.807) is 7.11 Å². The lowest BCUT2D eigenvalue weighted by Gasteiger charge is -2.27. The fourth-order valence-electron chi connectivity index (χ4n) is 2.80. The second kappa shape index (κ2) is 4.87. The summed E-state index contributed by atoms with van der Waals surface area (Å²) in [5.41, 5.74) is 8.49. The van der Waals surface area contributed by atoms with Crippen LogP contribution >= 0.6 is 11.6 Å². The highest BCUT2D eigenvalue weighted by molar-refractivity contribution is 6.30. The second-order valence-electron chi connectivity index (χ2n) is 4.86. The van der Waals surface area contributed by atoms with Gasteiger partial charge in [-0.05, 0) is 37.0 Å². The van der Waals surface area contributed by atoms with Crippen molar-refractivity contribution in [1.82, 2.24) is 0 Å². The molecule has 0 heterocycles. The van der Waals surface area contributed by atoms with E-state index in [1.807, 2.05) is 12.1 Å². The third-order valence-corrected chi connectivity index (χ3v) is 3.97. The zero-order valence-electron chi connectivity index (χ0n) is 10.6. The van der Waals surface area contributed by atoms with Gasteiger partial charge in [0.15, 0.2) is 0 Å². The van der Waals surface area contributed by atoms with Crippen molar-refractivity contribution >= 4 is 11.6 Å². The van der Waals surface area contributed by atoms with Crippen molar-refractivity contribution < 1.29 is 4.74 Å². The van der Waals surface area contributed by atoms with Gasteiger partial charge in [-0.25, -0.2) is 0 Å². The van der Waals surface area contributed by atoms with Crippen LogP contribution in [-0.2, 0) is 12.0 Å². The van der Waals surface area contributed by atoms with E-state index >= 15 is 0 Å². The average molecular weight is 254 g/mol. The fourth-order valence-corrected chi connectivity index (χ4v) is 3.04. The molecule has 0 spiro atoms. The summed E-state index contributed by atoms with van der Waals surface area (Å²) in [5.74, 6) is 0.932. The van der Waals surface area contributed by atoms with Crippen LogP contribution in [0.2, 0.25) is 5.02 Å². The number of hydrogen-bond donors (Lipinski definition) is 1. The summed E-state index contributed by atoms with van der Waals surface area (Å²) in [6.07, 6.45) is 5.33. The molecule has 17 heavy (non-hydrogen) atoms. The highest BCUT2D eigenvalue weighted by Crippen LogP contribution is 2.43. The van der Waals surface area contributed by atoms with E-state index in [2.05, 4.69) is 6.92 Å². The summed E-state index contributed by atoms with van der Waals surface area (Å²) in [6.45, 7) is 2.11. The molecule has 2 rings (SSSR count). The van der Waals surface area contributed by atoms with Crippen LogP contribution in [0.1, 0.15) is 43.7 Å². The summed E-state index contributed by atoms with van der Waals surface area (Å²) < 4.78 is 5.56. The molecule has 0 aromatic heterocycles. The summed E-state index contributed by atoms with van der Waals surface area (Å²) in [7, 11) is 1.71. The SMILES string of the molecule is CCc1cc(Cl)cc(C2(N)CCCC2)c1OC. The second-order valence-corrected chi connectivity index (χ2v) is 5.30. The van der Waals surface area contributed by atoms with Gasteiger partial charge in [-0.15, -0.1) is 0 Å². The van der Waals surface area contributed by atoms with Gasteiger partial charge in [0.25, 0.3) is 0 Å². The largest absolute Gasteiger partial charge is 0.496 e. The smallest absolute Gasteiger partial charge is 0.127 e. The molecule has 3 heteroatoms. The minimum atomic E-state index is -0.250. The molecule has 0 unspecified atom stereocenters. The molecule has 0 radical (unpaired) electrons. The van der Waals surface area contributed by atoms with Gasteiger partial charge in [-0.3, -0.25) is 0 Å². The topological polar surface area (TPSA) is 35.2 Å². The van der Waals surface area contributed by atoms with Gasteiger partial charge in [-0.2, -0.15) is 0 Å². The molecule has 0 amide bonds. The molecule has 0 aliphatic heterocycles. The van der Waals surface area contributed by atoms with Gasteiger partial charge in [0, 0.05) is 16.1 Å². The van der Waals surface area contributed by atoms with Gasteiger partial charge in [0.2, 0.25) is 0 Å². The predicted molar refractivity (Wildman–Crippen MR) is 71.7 cm³/mol. The molecule has 94 valence electrons. The lowest BCUT2D eigenvalue weighted by atomic mass is 9.87. The van der Waals surface area contributed by atoms with Crippen LogP contribution in [-0.4, -0.2) is 7.11 Å². The molecule has 0 atom stereocenters. The number of methoxy groups -OCH3 is 1. The van der Waals surface area contributed by atoms with E-state index in [1.165, 1.54) is 12.8 Å². The third kappa shape index (κ3) is 2.29. The third-order valence-electron chi connectivity index (χ3n) is 3.75. The maximum Gasteiger partial charge on any atom is 0.127 e. The first-order valence-corrected chi connectivity index (χ1v) is 6.64.